The van der Waals surface area contributed by atoms with E-state index in [-0.39, 0.29) is 0 Å². The van der Waals surface area contributed by atoms with Gasteiger partial charge in [0, 0.05) is 0 Å². The van der Waals surface area contributed by atoms with Gasteiger partial charge in [0.25, 0.3) is 0 Å². The fraction of sp³-hybridized carbons (Fsp3) is 0.571. The summed E-state index contributed by atoms with van der Waals surface area (Å²) < 4.78 is 0. The minimum Gasteiger partial charge on any atom is -0.316 e. The molecule has 0 fully saturated rings. The van der Waals surface area contributed by atoms with Crippen LogP contribution >= 0.6 is 0 Å². The van der Waals surface area contributed by atoms with E-state index < -0.39 is 0 Å². The normalized spacial score (nSPS) is 10.5. The Kier molecular flexibility index (Phi) is 6.10. The van der Waals surface area contributed by atoms with Crippen LogP contribution in [0, 0.1) is 0 Å². The molecule has 0 spiro atoms. The predicted octanol–water partition coefficient (Wildman–Crippen LogP) is 3.18. The summed E-state index contributed by atoms with van der Waals surface area (Å²) in [6, 6.07) is 9.05. The molecule has 1 N–H and O–H groups in total. The van der Waals surface area contributed by atoms with Crippen molar-refractivity contribution < 1.29 is 0 Å². The molecular formula is C14H23N. The summed E-state index contributed by atoms with van der Waals surface area (Å²) in [6.45, 7) is 6.66. The lowest BCUT2D eigenvalue weighted by atomic mass is 10.1. The lowest BCUT2D eigenvalue weighted by Gasteiger charge is -2.04. The van der Waals surface area contributed by atoms with Crippen LogP contribution in [-0.4, -0.2) is 13.1 Å². The summed E-state index contributed by atoms with van der Waals surface area (Å²) in [6.07, 6.45) is 4.80. The van der Waals surface area contributed by atoms with E-state index in [0.29, 0.717) is 0 Å². The summed E-state index contributed by atoms with van der Waals surface area (Å²) >= 11 is 0. The zero-order valence-electron chi connectivity index (χ0n) is 10.1. The molecule has 1 aromatic rings. The van der Waals surface area contributed by atoms with Gasteiger partial charge >= 0.3 is 0 Å². The molecule has 0 heterocycles. The highest BCUT2D eigenvalue weighted by molar-refractivity contribution is 5.22. The second-order valence-corrected chi connectivity index (χ2v) is 4.07. The van der Waals surface area contributed by atoms with Crippen molar-refractivity contribution in [2.45, 2.75) is 39.5 Å². The maximum absolute atomic E-state index is 3.42. The maximum atomic E-state index is 3.42. The zero-order chi connectivity index (χ0) is 10.9. The molecule has 84 valence electrons. The predicted molar refractivity (Wildman–Crippen MR) is 67.3 cm³/mol. The van der Waals surface area contributed by atoms with Crippen LogP contribution in [0.3, 0.4) is 0 Å². The van der Waals surface area contributed by atoms with Crippen LogP contribution in [0.5, 0.6) is 0 Å². The second-order valence-electron chi connectivity index (χ2n) is 4.07. The minimum atomic E-state index is 1.10. The van der Waals surface area contributed by atoms with E-state index in [0.717, 1.165) is 19.5 Å². The van der Waals surface area contributed by atoms with Crippen molar-refractivity contribution in [3.8, 4) is 0 Å². The first-order valence-electron chi connectivity index (χ1n) is 6.15. The van der Waals surface area contributed by atoms with Gasteiger partial charge in [-0.3, -0.25) is 0 Å². The lowest BCUT2D eigenvalue weighted by Crippen LogP contribution is -2.17. The van der Waals surface area contributed by atoms with Crippen LogP contribution in [0.2, 0.25) is 0 Å². The SMILES string of the molecule is CCCNCCc1ccc(CCC)cc1. The maximum Gasteiger partial charge on any atom is -0.000835 e. The van der Waals surface area contributed by atoms with Gasteiger partial charge in [0.1, 0.15) is 0 Å². The van der Waals surface area contributed by atoms with Crippen LogP contribution in [0.1, 0.15) is 37.8 Å². The Hall–Kier alpha value is -0.820. The van der Waals surface area contributed by atoms with Gasteiger partial charge in [-0.25, -0.2) is 0 Å². The van der Waals surface area contributed by atoms with Crippen molar-refractivity contribution >= 4 is 0 Å². The van der Waals surface area contributed by atoms with Gasteiger partial charge in [0.05, 0.1) is 0 Å². The summed E-state index contributed by atoms with van der Waals surface area (Å²) in [5.41, 5.74) is 2.90. The van der Waals surface area contributed by atoms with Gasteiger partial charge < -0.3 is 5.32 Å². The monoisotopic (exact) mass is 205 g/mol. The zero-order valence-corrected chi connectivity index (χ0v) is 10.1. The third-order valence-electron chi connectivity index (χ3n) is 2.58. The topological polar surface area (TPSA) is 12.0 Å². The Balaban J connectivity index is 2.29. The molecule has 1 nitrogen and oxygen atoms in total. The third-order valence-corrected chi connectivity index (χ3v) is 2.58. The molecule has 0 aliphatic rings. The summed E-state index contributed by atoms with van der Waals surface area (Å²) in [5, 5.41) is 3.42. The fourth-order valence-corrected chi connectivity index (χ4v) is 1.70. The van der Waals surface area contributed by atoms with E-state index in [1.165, 1.54) is 30.4 Å². The Morgan fingerprint density at radius 1 is 0.800 bits per heavy atom. The van der Waals surface area contributed by atoms with Gasteiger partial charge in [0.15, 0.2) is 0 Å². The van der Waals surface area contributed by atoms with Crippen molar-refractivity contribution in [3.05, 3.63) is 35.4 Å². The molecule has 0 saturated carbocycles. The number of hydrogen-bond acceptors (Lipinski definition) is 1. The van der Waals surface area contributed by atoms with E-state index >= 15 is 0 Å². The van der Waals surface area contributed by atoms with Crippen molar-refractivity contribution in [1.29, 1.82) is 0 Å². The highest BCUT2D eigenvalue weighted by Gasteiger charge is 1.94. The molecule has 1 heteroatoms. The van der Waals surface area contributed by atoms with Gasteiger partial charge in [-0.2, -0.15) is 0 Å². The minimum absolute atomic E-state index is 1.10. The average molecular weight is 205 g/mol. The molecule has 0 atom stereocenters. The Bertz CT molecular complexity index is 251. The molecule has 0 aromatic heterocycles. The Morgan fingerprint density at radius 3 is 1.93 bits per heavy atom. The van der Waals surface area contributed by atoms with Crippen LogP contribution in [0.25, 0.3) is 0 Å². The van der Waals surface area contributed by atoms with E-state index in [4.69, 9.17) is 0 Å². The van der Waals surface area contributed by atoms with Crippen molar-refractivity contribution in [2.75, 3.05) is 13.1 Å². The van der Waals surface area contributed by atoms with Crippen LogP contribution in [-0.2, 0) is 12.8 Å². The second kappa shape index (κ2) is 7.47. The first kappa shape index (κ1) is 12.3. The highest BCUT2D eigenvalue weighted by atomic mass is 14.8. The number of benzene rings is 1. The van der Waals surface area contributed by atoms with Crippen molar-refractivity contribution in [1.82, 2.24) is 5.32 Å². The molecular weight excluding hydrogens is 182 g/mol. The molecule has 0 aliphatic heterocycles. The van der Waals surface area contributed by atoms with Gasteiger partial charge in [0.2, 0.25) is 0 Å². The van der Waals surface area contributed by atoms with Crippen LogP contribution in [0.15, 0.2) is 24.3 Å². The molecule has 0 aliphatic carbocycles. The first-order chi connectivity index (χ1) is 7.36. The van der Waals surface area contributed by atoms with Crippen molar-refractivity contribution in [2.24, 2.45) is 0 Å². The summed E-state index contributed by atoms with van der Waals surface area (Å²) in [4.78, 5) is 0. The molecule has 1 aromatic carbocycles. The lowest BCUT2D eigenvalue weighted by molar-refractivity contribution is 0.671. The largest absolute Gasteiger partial charge is 0.316 e. The fourth-order valence-electron chi connectivity index (χ4n) is 1.70. The van der Waals surface area contributed by atoms with Crippen LogP contribution in [0.4, 0.5) is 0 Å². The standard InChI is InChI=1S/C14H23N/c1-3-5-13-6-8-14(9-7-13)10-12-15-11-4-2/h6-9,15H,3-5,10-12H2,1-2H3. The number of nitrogens with one attached hydrogen (secondary N) is 1. The molecule has 15 heavy (non-hydrogen) atoms. The molecule has 0 bridgehead atoms. The van der Waals surface area contributed by atoms with E-state index in [1.54, 1.807) is 0 Å². The van der Waals surface area contributed by atoms with Gasteiger partial charge in [-0.05, 0) is 43.5 Å². The molecule has 0 radical (unpaired) electrons. The Labute approximate surface area is 93.9 Å². The average Bonchev–Trinajstić information content (AvgIpc) is 2.27. The van der Waals surface area contributed by atoms with Gasteiger partial charge in [-0.15, -0.1) is 0 Å². The molecule has 0 saturated heterocycles. The Morgan fingerprint density at radius 2 is 1.40 bits per heavy atom. The van der Waals surface area contributed by atoms with Gasteiger partial charge in [-0.1, -0.05) is 44.5 Å². The molecule has 1 rings (SSSR count). The number of hydrogen-bond donors (Lipinski definition) is 1. The smallest absolute Gasteiger partial charge is 0.000835 e. The quantitative estimate of drug-likeness (QED) is 0.674. The number of aryl methyl sites for hydroxylation is 1. The van der Waals surface area contributed by atoms with Crippen LogP contribution < -0.4 is 5.32 Å². The molecule has 0 unspecified atom stereocenters. The van der Waals surface area contributed by atoms with E-state index in [1.807, 2.05) is 0 Å². The first-order valence-corrected chi connectivity index (χ1v) is 6.15. The summed E-state index contributed by atoms with van der Waals surface area (Å²) in [5.74, 6) is 0. The third kappa shape index (κ3) is 4.98. The summed E-state index contributed by atoms with van der Waals surface area (Å²) in [7, 11) is 0. The van der Waals surface area contributed by atoms with E-state index in [9.17, 15) is 0 Å². The van der Waals surface area contributed by atoms with Crippen molar-refractivity contribution in [3.63, 3.8) is 0 Å². The van der Waals surface area contributed by atoms with E-state index in [2.05, 4.69) is 43.4 Å². The highest BCUT2D eigenvalue weighted by Crippen LogP contribution is 2.06. The number of rotatable bonds is 7. The molecule has 0 amide bonds.